The molecule has 7 heteroatoms. The van der Waals surface area contributed by atoms with Gasteiger partial charge in [0.05, 0.1) is 16.8 Å². The summed E-state index contributed by atoms with van der Waals surface area (Å²) in [5.74, 6) is -0.758. The predicted octanol–water partition coefficient (Wildman–Crippen LogP) is 4.21. The maximum Gasteiger partial charge on any atom is 0.416 e. The van der Waals surface area contributed by atoms with E-state index >= 15 is 0 Å². The van der Waals surface area contributed by atoms with Gasteiger partial charge in [-0.25, -0.2) is 4.99 Å². The lowest BCUT2D eigenvalue weighted by atomic mass is 10.0. The number of Topliss-reactive ketones (excluding diaryl/α,β-unsaturated/α-hetero) is 1. The van der Waals surface area contributed by atoms with Crippen LogP contribution in [0, 0.1) is 0 Å². The molecule has 0 fully saturated rings. The molecule has 0 unspecified atom stereocenters. The van der Waals surface area contributed by atoms with Crippen molar-refractivity contribution in [2.24, 2.45) is 4.99 Å². The fraction of sp³-hybridized carbons (Fsp3) is 0.0588. The minimum atomic E-state index is -4.49. The number of para-hydroxylation sites is 1. The Morgan fingerprint density at radius 1 is 1.08 bits per heavy atom. The van der Waals surface area contributed by atoms with Gasteiger partial charge in [0.15, 0.2) is 5.88 Å². The minimum absolute atomic E-state index is 0.0136. The van der Waals surface area contributed by atoms with Crippen molar-refractivity contribution in [3.8, 4) is 5.88 Å². The number of hydrogen-bond donors (Lipinski definition) is 2. The van der Waals surface area contributed by atoms with Crippen molar-refractivity contribution < 1.29 is 23.1 Å². The largest absolute Gasteiger partial charge is 0.494 e. The Morgan fingerprint density at radius 3 is 2.54 bits per heavy atom. The molecule has 0 atom stereocenters. The lowest BCUT2D eigenvalue weighted by molar-refractivity contribution is -0.137. The Kier molecular flexibility index (Phi) is 2.84. The predicted molar refractivity (Wildman–Crippen MR) is 81.9 cm³/mol. The van der Waals surface area contributed by atoms with Gasteiger partial charge in [0.2, 0.25) is 5.78 Å². The smallest absolute Gasteiger partial charge is 0.416 e. The number of aromatic amines is 1. The number of aliphatic imine (C=N–C) groups is 1. The van der Waals surface area contributed by atoms with Crippen molar-refractivity contribution in [2.45, 2.75) is 6.18 Å². The number of rotatable bonds is 1. The van der Waals surface area contributed by atoms with Crippen LogP contribution in [0.3, 0.4) is 0 Å². The second-order valence-electron chi connectivity index (χ2n) is 5.41. The normalized spacial score (nSPS) is 14.1. The maximum atomic E-state index is 12.8. The molecule has 0 radical (unpaired) electrons. The van der Waals surface area contributed by atoms with E-state index in [-0.39, 0.29) is 28.5 Å². The zero-order valence-corrected chi connectivity index (χ0v) is 12.0. The number of carbonyl (C=O) groups excluding carboxylic acids is 1. The van der Waals surface area contributed by atoms with Crippen LogP contribution in [-0.4, -0.2) is 21.6 Å². The van der Waals surface area contributed by atoms with Gasteiger partial charge in [0.1, 0.15) is 5.71 Å². The zero-order chi connectivity index (χ0) is 17.1. The minimum Gasteiger partial charge on any atom is -0.494 e. The molecule has 2 aromatic carbocycles. The van der Waals surface area contributed by atoms with E-state index in [1.54, 1.807) is 24.3 Å². The summed E-state index contributed by atoms with van der Waals surface area (Å²) in [6.07, 6.45) is -4.49. The van der Waals surface area contributed by atoms with Gasteiger partial charge in [-0.05, 0) is 24.3 Å². The third kappa shape index (κ3) is 2.01. The number of aromatic hydroxyl groups is 1. The molecule has 0 saturated heterocycles. The first-order valence-electron chi connectivity index (χ1n) is 7.01. The molecule has 0 amide bonds. The first-order chi connectivity index (χ1) is 11.4. The first kappa shape index (κ1) is 14.5. The van der Waals surface area contributed by atoms with E-state index in [1.807, 2.05) is 0 Å². The number of carbonyl (C=O) groups is 1. The quantitative estimate of drug-likeness (QED) is 0.702. The molecule has 2 N–H and O–H groups in total. The van der Waals surface area contributed by atoms with Crippen molar-refractivity contribution >= 4 is 28.1 Å². The van der Waals surface area contributed by atoms with Crippen LogP contribution in [0.1, 0.15) is 21.5 Å². The summed E-state index contributed by atoms with van der Waals surface area (Å²) < 4.78 is 38.4. The number of ketones is 1. The molecule has 4 rings (SSSR count). The van der Waals surface area contributed by atoms with Crippen LogP contribution in [-0.2, 0) is 6.18 Å². The second-order valence-corrected chi connectivity index (χ2v) is 5.41. The standard InChI is InChI=1S/C17H9F3N2O2/c18-17(19,20)8-5-6-9-12(7-8)22-16(24)13(9)14-15(23)10-3-1-2-4-11(10)21-14/h1-7,22,24H. The number of aromatic nitrogens is 1. The maximum absolute atomic E-state index is 12.8. The average molecular weight is 330 g/mol. The molecule has 1 aliphatic heterocycles. The number of hydrogen-bond acceptors (Lipinski definition) is 3. The second kappa shape index (κ2) is 4.70. The highest BCUT2D eigenvalue weighted by atomic mass is 19.4. The van der Waals surface area contributed by atoms with Crippen LogP contribution in [0.5, 0.6) is 5.88 Å². The highest BCUT2D eigenvalue weighted by Crippen LogP contribution is 2.37. The van der Waals surface area contributed by atoms with E-state index in [2.05, 4.69) is 9.98 Å². The van der Waals surface area contributed by atoms with Gasteiger partial charge in [-0.3, -0.25) is 4.79 Å². The van der Waals surface area contributed by atoms with Crippen LogP contribution in [0.25, 0.3) is 10.9 Å². The van der Waals surface area contributed by atoms with Gasteiger partial charge < -0.3 is 10.1 Å². The number of H-pyrrole nitrogens is 1. The summed E-state index contributed by atoms with van der Waals surface area (Å²) in [6, 6.07) is 9.72. The van der Waals surface area contributed by atoms with E-state index < -0.39 is 11.7 Å². The van der Waals surface area contributed by atoms with Crippen molar-refractivity contribution in [3.63, 3.8) is 0 Å². The molecule has 120 valence electrons. The van der Waals surface area contributed by atoms with E-state index in [1.165, 1.54) is 6.07 Å². The van der Waals surface area contributed by atoms with Gasteiger partial charge in [-0.1, -0.05) is 18.2 Å². The summed E-state index contributed by atoms with van der Waals surface area (Å²) in [7, 11) is 0. The molecule has 4 nitrogen and oxygen atoms in total. The van der Waals surface area contributed by atoms with Crippen LogP contribution in [0.4, 0.5) is 18.9 Å². The third-order valence-corrected chi connectivity index (χ3v) is 3.94. The fourth-order valence-corrected chi connectivity index (χ4v) is 2.83. The Balaban J connectivity index is 1.90. The van der Waals surface area contributed by atoms with Crippen LogP contribution >= 0.6 is 0 Å². The molecule has 24 heavy (non-hydrogen) atoms. The van der Waals surface area contributed by atoms with Crippen LogP contribution < -0.4 is 0 Å². The highest BCUT2D eigenvalue weighted by Gasteiger charge is 2.33. The number of alkyl halides is 3. The number of nitrogens with one attached hydrogen (secondary N) is 1. The fourth-order valence-electron chi connectivity index (χ4n) is 2.83. The number of benzene rings is 2. The Bertz CT molecular complexity index is 1030. The van der Waals surface area contributed by atoms with Crippen molar-refractivity contribution in [2.75, 3.05) is 0 Å². The Hall–Kier alpha value is -3.09. The SMILES string of the molecule is O=C1C(c2c(O)[nH]c3cc(C(F)(F)F)ccc23)=Nc2ccccc21. The molecule has 2 heterocycles. The summed E-state index contributed by atoms with van der Waals surface area (Å²) in [6.45, 7) is 0. The number of nitrogens with zero attached hydrogens (tertiary/aromatic N) is 1. The molecular formula is C17H9F3N2O2. The number of halogens is 3. The highest BCUT2D eigenvalue weighted by molar-refractivity contribution is 6.56. The molecule has 0 bridgehead atoms. The van der Waals surface area contributed by atoms with Gasteiger partial charge in [-0.2, -0.15) is 13.2 Å². The summed E-state index contributed by atoms with van der Waals surface area (Å²) in [5, 5.41) is 10.4. The van der Waals surface area contributed by atoms with Crippen LogP contribution in [0.15, 0.2) is 47.5 Å². The zero-order valence-electron chi connectivity index (χ0n) is 12.0. The molecule has 0 saturated carbocycles. The van der Waals surface area contributed by atoms with E-state index in [0.29, 0.717) is 16.6 Å². The van der Waals surface area contributed by atoms with Crippen molar-refractivity contribution in [3.05, 3.63) is 59.2 Å². The topological polar surface area (TPSA) is 65.4 Å². The molecular weight excluding hydrogens is 321 g/mol. The molecule has 1 aliphatic rings. The molecule has 1 aromatic heterocycles. The monoisotopic (exact) mass is 330 g/mol. The van der Waals surface area contributed by atoms with E-state index in [0.717, 1.165) is 12.1 Å². The molecule has 0 spiro atoms. The van der Waals surface area contributed by atoms with Crippen molar-refractivity contribution in [1.29, 1.82) is 0 Å². The molecule has 0 aliphatic carbocycles. The average Bonchev–Trinajstić information content (AvgIpc) is 3.02. The lowest BCUT2D eigenvalue weighted by Gasteiger charge is -2.06. The lowest BCUT2D eigenvalue weighted by Crippen LogP contribution is -2.10. The summed E-state index contributed by atoms with van der Waals surface area (Å²) in [4.78, 5) is 19.2. The Labute approximate surface area is 133 Å². The Morgan fingerprint density at radius 2 is 1.83 bits per heavy atom. The van der Waals surface area contributed by atoms with Gasteiger partial charge in [0, 0.05) is 16.5 Å². The third-order valence-electron chi connectivity index (χ3n) is 3.94. The summed E-state index contributed by atoms with van der Waals surface area (Å²) >= 11 is 0. The van der Waals surface area contributed by atoms with E-state index in [9.17, 15) is 23.1 Å². The number of fused-ring (bicyclic) bond motifs is 2. The van der Waals surface area contributed by atoms with E-state index in [4.69, 9.17) is 0 Å². The van der Waals surface area contributed by atoms with Gasteiger partial charge in [0.25, 0.3) is 0 Å². The molecule has 3 aromatic rings. The van der Waals surface area contributed by atoms with Gasteiger partial charge in [-0.15, -0.1) is 0 Å². The van der Waals surface area contributed by atoms with Crippen LogP contribution in [0.2, 0.25) is 0 Å². The first-order valence-corrected chi connectivity index (χ1v) is 7.01. The van der Waals surface area contributed by atoms with Gasteiger partial charge >= 0.3 is 6.18 Å². The summed E-state index contributed by atoms with van der Waals surface area (Å²) in [5.41, 5.74) is 0.237. The van der Waals surface area contributed by atoms with Crippen molar-refractivity contribution in [1.82, 2.24) is 4.98 Å².